The van der Waals surface area contributed by atoms with E-state index in [0.29, 0.717) is 6.54 Å². The Morgan fingerprint density at radius 3 is 2.93 bits per heavy atom. The Balaban J connectivity index is 2.42. The van der Waals surface area contributed by atoms with Gasteiger partial charge in [-0.25, -0.2) is 0 Å². The summed E-state index contributed by atoms with van der Waals surface area (Å²) >= 11 is 0. The Hall–Kier alpha value is -1.51. The molecule has 0 aliphatic carbocycles. The lowest BCUT2D eigenvalue weighted by molar-refractivity contribution is -0.123. The SMILES string of the molecule is C=C1C=C(CNC(=O)C(C)C)C=CN1. The number of nitrogens with one attached hydrogen (secondary N) is 2. The van der Waals surface area contributed by atoms with E-state index in [-0.39, 0.29) is 11.8 Å². The maximum absolute atomic E-state index is 11.3. The average Bonchev–Trinajstić information content (AvgIpc) is 2.14. The van der Waals surface area contributed by atoms with Crippen LogP contribution in [0.4, 0.5) is 0 Å². The summed E-state index contributed by atoms with van der Waals surface area (Å²) in [6.45, 7) is 8.09. The van der Waals surface area contributed by atoms with Crippen LogP contribution < -0.4 is 10.6 Å². The number of hydrogen-bond donors (Lipinski definition) is 2. The van der Waals surface area contributed by atoms with Crippen LogP contribution in [0, 0.1) is 5.92 Å². The molecule has 76 valence electrons. The lowest BCUT2D eigenvalue weighted by Crippen LogP contribution is -2.29. The molecule has 0 saturated carbocycles. The molecule has 0 unspecified atom stereocenters. The van der Waals surface area contributed by atoms with Gasteiger partial charge in [-0.15, -0.1) is 0 Å². The molecule has 0 aromatic carbocycles. The monoisotopic (exact) mass is 192 g/mol. The summed E-state index contributed by atoms with van der Waals surface area (Å²) in [7, 11) is 0. The number of allylic oxidation sites excluding steroid dienone is 1. The third-order valence-electron chi connectivity index (χ3n) is 1.92. The topological polar surface area (TPSA) is 41.1 Å². The zero-order chi connectivity index (χ0) is 10.6. The third-order valence-corrected chi connectivity index (χ3v) is 1.92. The molecule has 0 aromatic rings. The highest BCUT2D eigenvalue weighted by molar-refractivity contribution is 5.78. The largest absolute Gasteiger partial charge is 0.362 e. The van der Waals surface area contributed by atoms with Crippen LogP contribution in [0.3, 0.4) is 0 Å². The summed E-state index contributed by atoms with van der Waals surface area (Å²) in [5, 5.41) is 5.80. The Bertz CT molecular complexity index is 300. The predicted molar refractivity (Wildman–Crippen MR) is 57.3 cm³/mol. The zero-order valence-electron chi connectivity index (χ0n) is 8.63. The molecule has 1 amide bonds. The summed E-state index contributed by atoms with van der Waals surface area (Å²) in [4.78, 5) is 11.3. The van der Waals surface area contributed by atoms with Crippen molar-refractivity contribution in [3.8, 4) is 0 Å². The molecule has 0 aromatic heterocycles. The average molecular weight is 192 g/mol. The number of carbonyl (C=O) groups is 1. The number of rotatable bonds is 3. The van der Waals surface area contributed by atoms with Crippen LogP contribution in [0.2, 0.25) is 0 Å². The van der Waals surface area contributed by atoms with Crippen LogP contribution >= 0.6 is 0 Å². The molecule has 0 radical (unpaired) electrons. The van der Waals surface area contributed by atoms with Crippen LogP contribution in [0.15, 0.2) is 36.2 Å². The number of carbonyl (C=O) groups excluding carboxylic acids is 1. The van der Waals surface area contributed by atoms with Gasteiger partial charge in [-0.05, 0) is 17.7 Å². The van der Waals surface area contributed by atoms with E-state index in [1.54, 1.807) is 0 Å². The molecule has 0 atom stereocenters. The standard InChI is InChI=1S/C11H16N2O/c1-8(2)11(14)13-7-10-4-5-12-9(3)6-10/h4-6,8,12H,3,7H2,1-2H3,(H,13,14). The molecule has 0 saturated heterocycles. The normalized spacial score (nSPS) is 15.1. The fraction of sp³-hybridized carbons (Fsp3) is 0.364. The van der Waals surface area contributed by atoms with Gasteiger partial charge in [-0.1, -0.05) is 20.4 Å². The van der Waals surface area contributed by atoms with Gasteiger partial charge in [0.2, 0.25) is 5.91 Å². The van der Waals surface area contributed by atoms with Gasteiger partial charge in [0.15, 0.2) is 0 Å². The van der Waals surface area contributed by atoms with Gasteiger partial charge in [-0.2, -0.15) is 0 Å². The first kappa shape index (κ1) is 10.6. The second-order valence-corrected chi connectivity index (χ2v) is 3.59. The summed E-state index contributed by atoms with van der Waals surface area (Å²) in [6.07, 6.45) is 5.66. The number of hydrogen-bond acceptors (Lipinski definition) is 2. The summed E-state index contributed by atoms with van der Waals surface area (Å²) in [5.74, 6) is 0.105. The minimum absolute atomic E-state index is 0.0319. The van der Waals surface area contributed by atoms with Gasteiger partial charge < -0.3 is 10.6 Å². The first-order valence-electron chi connectivity index (χ1n) is 4.70. The first-order chi connectivity index (χ1) is 6.59. The van der Waals surface area contributed by atoms with Crippen molar-refractivity contribution in [1.82, 2.24) is 10.6 Å². The highest BCUT2D eigenvalue weighted by atomic mass is 16.1. The highest BCUT2D eigenvalue weighted by Gasteiger charge is 2.06. The van der Waals surface area contributed by atoms with Crippen LogP contribution in [-0.4, -0.2) is 12.5 Å². The van der Waals surface area contributed by atoms with Crippen LogP contribution in [0.25, 0.3) is 0 Å². The molecule has 14 heavy (non-hydrogen) atoms. The van der Waals surface area contributed by atoms with Crippen molar-refractivity contribution in [2.45, 2.75) is 13.8 Å². The second-order valence-electron chi connectivity index (χ2n) is 3.59. The molecule has 1 rings (SSSR count). The molecule has 1 aliphatic heterocycles. The van der Waals surface area contributed by atoms with Crippen molar-refractivity contribution in [2.24, 2.45) is 5.92 Å². The van der Waals surface area contributed by atoms with Gasteiger partial charge in [0.1, 0.15) is 0 Å². The smallest absolute Gasteiger partial charge is 0.222 e. The van der Waals surface area contributed by atoms with E-state index in [1.807, 2.05) is 32.2 Å². The van der Waals surface area contributed by atoms with Crippen LogP contribution in [0.5, 0.6) is 0 Å². The molecule has 1 aliphatic rings. The molecule has 0 bridgehead atoms. The molecule has 2 N–H and O–H groups in total. The second kappa shape index (κ2) is 4.65. The Labute approximate surface area is 84.6 Å². The van der Waals surface area contributed by atoms with E-state index in [2.05, 4.69) is 17.2 Å². The van der Waals surface area contributed by atoms with Crippen molar-refractivity contribution < 1.29 is 4.79 Å². The molecule has 0 fully saturated rings. The van der Waals surface area contributed by atoms with Gasteiger partial charge in [0.25, 0.3) is 0 Å². The lowest BCUT2D eigenvalue weighted by Gasteiger charge is -2.12. The maximum atomic E-state index is 11.3. The van der Waals surface area contributed by atoms with E-state index in [9.17, 15) is 4.79 Å². The van der Waals surface area contributed by atoms with E-state index in [0.717, 1.165) is 11.3 Å². The van der Waals surface area contributed by atoms with Crippen molar-refractivity contribution in [3.63, 3.8) is 0 Å². The maximum Gasteiger partial charge on any atom is 0.222 e. The third kappa shape index (κ3) is 3.09. The highest BCUT2D eigenvalue weighted by Crippen LogP contribution is 2.05. The molecule has 3 nitrogen and oxygen atoms in total. The summed E-state index contributed by atoms with van der Waals surface area (Å²) < 4.78 is 0. The molecule has 1 heterocycles. The van der Waals surface area contributed by atoms with Crippen molar-refractivity contribution in [1.29, 1.82) is 0 Å². The van der Waals surface area contributed by atoms with Crippen molar-refractivity contribution >= 4 is 5.91 Å². The van der Waals surface area contributed by atoms with Crippen LogP contribution in [-0.2, 0) is 4.79 Å². The fourth-order valence-corrected chi connectivity index (χ4v) is 1.07. The van der Waals surface area contributed by atoms with Gasteiger partial charge >= 0.3 is 0 Å². The van der Waals surface area contributed by atoms with E-state index in [4.69, 9.17) is 0 Å². The van der Waals surface area contributed by atoms with E-state index < -0.39 is 0 Å². The minimum atomic E-state index is 0.0319. The van der Waals surface area contributed by atoms with E-state index >= 15 is 0 Å². The quantitative estimate of drug-likeness (QED) is 0.708. The zero-order valence-corrected chi connectivity index (χ0v) is 8.63. The van der Waals surface area contributed by atoms with Crippen molar-refractivity contribution in [3.05, 3.63) is 36.2 Å². The molecular formula is C11H16N2O. The number of dihydropyridines is 1. The molecule has 3 heteroatoms. The Morgan fingerprint density at radius 2 is 2.36 bits per heavy atom. The Kier molecular flexibility index (Phi) is 3.51. The fourth-order valence-electron chi connectivity index (χ4n) is 1.07. The first-order valence-corrected chi connectivity index (χ1v) is 4.70. The van der Waals surface area contributed by atoms with Crippen LogP contribution in [0.1, 0.15) is 13.8 Å². The van der Waals surface area contributed by atoms with Gasteiger partial charge in [-0.3, -0.25) is 4.79 Å². The molecule has 0 spiro atoms. The van der Waals surface area contributed by atoms with Crippen molar-refractivity contribution in [2.75, 3.05) is 6.54 Å². The number of amides is 1. The predicted octanol–water partition coefficient (Wildman–Crippen LogP) is 1.32. The van der Waals surface area contributed by atoms with E-state index in [1.165, 1.54) is 0 Å². The Morgan fingerprint density at radius 1 is 1.64 bits per heavy atom. The van der Waals surface area contributed by atoms with Gasteiger partial charge in [0, 0.05) is 24.4 Å². The van der Waals surface area contributed by atoms with Gasteiger partial charge in [0.05, 0.1) is 0 Å². The minimum Gasteiger partial charge on any atom is -0.362 e. The summed E-state index contributed by atoms with van der Waals surface area (Å²) in [5.41, 5.74) is 1.91. The molecular weight excluding hydrogens is 176 g/mol. The lowest BCUT2D eigenvalue weighted by atomic mass is 10.1. The summed E-state index contributed by atoms with van der Waals surface area (Å²) in [6, 6.07) is 0.